The Morgan fingerprint density at radius 2 is 1.90 bits per heavy atom. The molecule has 1 fully saturated rings. The Bertz CT molecular complexity index is 402. The molecule has 1 aromatic carbocycles. The normalized spacial score (nSPS) is 25.4. The number of morpholine rings is 1. The number of benzene rings is 1. The van der Waals surface area contributed by atoms with Crippen molar-refractivity contribution in [1.82, 2.24) is 4.90 Å². The molecule has 0 aromatic heterocycles. The van der Waals surface area contributed by atoms with Crippen molar-refractivity contribution in [3.8, 4) is 5.75 Å². The summed E-state index contributed by atoms with van der Waals surface area (Å²) in [6.45, 7) is 6.45. The Kier molecular flexibility index (Phi) is 5.34. The zero-order valence-electron chi connectivity index (χ0n) is 12.0. The molecule has 1 saturated heterocycles. The summed E-state index contributed by atoms with van der Waals surface area (Å²) in [5.74, 6) is 0.267. The summed E-state index contributed by atoms with van der Waals surface area (Å²) in [5, 5.41) is 10.0. The maximum absolute atomic E-state index is 12.7. The summed E-state index contributed by atoms with van der Waals surface area (Å²) in [7, 11) is 0. The zero-order valence-corrected chi connectivity index (χ0v) is 12.0. The number of hydrogen-bond acceptors (Lipinski definition) is 4. The quantitative estimate of drug-likeness (QED) is 0.892. The van der Waals surface area contributed by atoms with Crippen LogP contribution in [0.15, 0.2) is 24.3 Å². The van der Waals surface area contributed by atoms with Crippen molar-refractivity contribution >= 4 is 0 Å². The van der Waals surface area contributed by atoms with Gasteiger partial charge in [0.15, 0.2) is 0 Å². The molecule has 0 radical (unpaired) electrons. The van der Waals surface area contributed by atoms with Gasteiger partial charge in [-0.3, -0.25) is 4.90 Å². The predicted molar refractivity (Wildman–Crippen MR) is 74.4 cm³/mol. The third-order valence-corrected chi connectivity index (χ3v) is 3.22. The molecule has 20 heavy (non-hydrogen) atoms. The number of nitrogens with zero attached hydrogens (tertiary/aromatic N) is 1. The first-order valence-corrected chi connectivity index (χ1v) is 6.97. The van der Waals surface area contributed by atoms with Gasteiger partial charge in [0, 0.05) is 19.6 Å². The highest BCUT2D eigenvalue weighted by atomic mass is 19.1. The Morgan fingerprint density at radius 1 is 1.30 bits per heavy atom. The molecule has 0 bridgehead atoms. The number of halogens is 1. The van der Waals surface area contributed by atoms with Crippen molar-refractivity contribution in [1.29, 1.82) is 0 Å². The molecule has 3 atom stereocenters. The summed E-state index contributed by atoms with van der Waals surface area (Å²) in [6.07, 6.45) is -0.203. The second-order valence-corrected chi connectivity index (χ2v) is 5.39. The van der Waals surface area contributed by atoms with Crippen LogP contribution in [0.5, 0.6) is 5.75 Å². The highest BCUT2D eigenvalue weighted by Crippen LogP contribution is 2.13. The van der Waals surface area contributed by atoms with Gasteiger partial charge < -0.3 is 14.6 Å². The summed E-state index contributed by atoms with van der Waals surface area (Å²) in [5.41, 5.74) is 0. The molecule has 1 aliphatic heterocycles. The number of aliphatic hydroxyl groups excluding tert-OH is 1. The number of rotatable bonds is 5. The molecule has 1 N–H and O–H groups in total. The topological polar surface area (TPSA) is 41.9 Å². The smallest absolute Gasteiger partial charge is 0.123 e. The van der Waals surface area contributed by atoms with Gasteiger partial charge in [-0.2, -0.15) is 0 Å². The van der Waals surface area contributed by atoms with Gasteiger partial charge in [-0.25, -0.2) is 4.39 Å². The lowest BCUT2D eigenvalue weighted by Crippen LogP contribution is -2.48. The predicted octanol–water partition coefficient (Wildman–Crippen LogP) is 1.67. The molecule has 0 saturated carbocycles. The van der Waals surface area contributed by atoms with Crippen LogP contribution in [0.4, 0.5) is 4.39 Å². The highest BCUT2D eigenvalue weighted by molar-refractivity contribution is 5.22. The van der Waals surface area contributed by atoms with Crippen LogP contribution in [-0.2, 0) is 4.74 Å². The molecule has 1 aliphatic rings. The fraction of sp³-hybridized carbons (Fsp3) is 0.600. The summed E-state index contributed by atoms with van der Waals surface area (Å²) >= 11 is 0. The van der Waals surface area contributed by atoms with E-state index in [9.17, 15) is 9.50 Å². The van der Waals surface area contributed by atoms with E-state index in [1.807, 2.05) is 13.8 Å². The van der Waals surface area contributed by atoms with Gasteiger partial charge in [-0.1, -0.05) is 0 Å². The lowest BCUT2D eigenvalue weighted by atomic mass is 10.2. The van der Waals surface area contributed by atoms with E-state index < -0.39 is 6.10 Å². The Morgan fingerprint density at radius 3 is 2.50 bits per heavy atom. The SMILES string of the molecule is C[C@H]1CN(C[C@H](O)COc2ccc(F)cc2)C[C@H](C)O1. The minimum absolute atomic E-state index is 0.184. The number of β-amino-alcohol motifs (C(OH)–C–C–N with tert-alkyl or cyclic N) is 1. The minimum Gasteiger partial charge on any atom is -0.491 e. The van der Waals surface area contributed by atoms with Crippen molar-refractivity contribution in [3.05, 3.63) is 30.1 Å². The molecule has 1 aromatic rings. The van der Waals surface area contributed by atoms with E-state index in [0.717, 1.165) is 13.1 Å². The van der Waals surface area contributed by atoms with E-state index >= 15 is 0 Å². The first-order chi connectivity index (χ1) is 9.52. The second-order valence-electron chi connectivity index (χ2n) is 5.39. The summed E-state index contributed by atoms with van der Waals surface area (Å²) < 4.78 is 23.8. The van der Waals surface area contributed by atoms with Crippen molar-refractivity contribution < 1.29 is 19.0 Å². The van der Waals surface area contributed by atoms with Crippen LogP contribution in [0.1, 0.15) is 13.8 Å². The number of ether oxygens (including phenoxy) is 2. The van der Waals surface area contributed by atoms with Gasteiger partial charge in [0.1, 0.15) is 24.3 Å². The van der Waals surface area contributed by atoms with Gasteiger partial charge in [0.25, 0.3) is 0 Å². The van der Waals surface area contributed by atoms with Crippen LogP contribution in [0, 0.1) is 5.82 Å². The maximum Gasteiger partial charge on any atom is 0.123 e. The fourth-order valence-electron chi connectivity index (χ4n) is 2.51. The average Bonchev–Trinajstić information content (AvgIpc) is 2.37. The van der Waals surface area contributed by atoms with Gasteiger partial charge in [-0.15, -0.1) is 0 Å². The van der Waals surface area contributed by atoms with E-state index in [4.69, 9.17) is 9.47 Å². The molecule has 5 heteroatoms. The molecule has 112 valence electrons. The molecular formula is C15H22FNO3. The van der Waals surface area contributed by atoms with E-state index in [0.29, 0.717) is 12.3 Å². The van der Waals surface area contributed by atoms with Crippen LogP contribution in [-0.4, -0.2) is 54.6 Å². The highest BCUT2D eigenvalue weighted by Gasteiger charge is 2.23. The minimum atomic E-state index is -0.572. The molecular weight excluding hydrogens is 261 g/mol. The molecule has 4 nitrogen and oxygen atoms in total. The standard InChI is InChI=1S/C15H22FNO3/c1-11-7-17(8-12(2)20-11)9-14(18)10-19-15-5-3-13(16)4-6-15/h3-6,11-12,14,18H,7-10H2,1-2H3/t11-,12-,14-/m0/s1. The second kappa shape index (κ2) is 7.02. The molecule has 0 unspecified atom stereocenters. The van der Waals surface area contributed by atoms with Crippen molar-refractivity contribution in [2.45, 2.75) is 32.2 Å². The summed E-state index contributed by atoms with van der Waals surface area (Å²) in [6, 6.07) is 5.79. The van der Waals surface area contributed by atoms with Crippen molar-refractivity contribution in [3.63, 3.8) is 0 Å². The van der Waals surface area contributed by atoms with E-state index in [-0.39, 0.29) is 24.6 Å². The maximum atomic E-state index is 12.7. The zero-order chi connectivity index (χ0) is 14.5. The Balaban J connectivity index is 1.74. The van der Waals surface area contributed by atoms with Gasteiger partial charge >= 0.3 is 0 Å². The van der Waals surface area contributed by atoms with E-state index in [1.165, 1.54) is 12.1 Å². The number of hydrogen-bond donors (Lipinski definition) is 1. The fourth-order valence-corrected chi connectivity index (χ4v) is 2.51. The lowest BCUT2D eigenvalue weighted by Gasteiger charge is -2.36. The average molecular weight is 283 g/mol. The molecule has 0 amide bonds. The first-order valence-electron chi connectivity index (χ1n) is 6.97. The van der Waals surface area contributed by atoms with Crippen LogP contribution in [0.25, 0.3) is 0 Å². The van der Waals surface area contributed by atoms with Gasteiger partial charge in [0.2, 0.25) is 0 Å². The summed E-state index contributed by atoms with van der Waals surface area (Å²) in [4.78, 5) is 2.18. The monoisotopic (exact) mass is 283 g/mol. The molecule has 1 heterocycles. The Labute approximate surface area is 119 Å². The third kappa shape index (κ3) is 4.74. The molecule has 0 spiro atoms. The van der Waals surface area contributed by atoms with Crippen LogP contribution in [0.3, 0.4) is 0 Å². The largest absolute Gasteiger partial charge is 0.491 e. The molecule has 2 rings (SSSR count). The van der Waals surface area contributed by atoms with Crippen LogP contribution < -0.4 is 4.74 Å². The Hall–Kier alpha value is -1.17. The number of aliphatic hydroxyl groups is 1. The first kappa shape index (κ1) is 15.2. The van der Waals surface area contributed by atoms with Crippen molar-refractivity contribution in [2.75, 3.05) is 26.2 Å². The van der Waals surface area contributed by atoms with Gasteiger partial charge in [-0.05, 0) is 38.1 Å². The third-order valence-electron chi connectivity index (χ3n) is 3.22. The van der Waals surface area contributed by atoms with Gasteiger partial charge in [0.05, 0.1) is 12.2 Å². The molecule has 0 aliphatic carbocycles. The van der Waals surface area contributed by atoms with E-state index in [2.05, 4.69) is 4.90 Å². The lowest BCUT2D eigenvalue weighted by molar-refractivity contribution is -0.0786. The van der Waals surface area contributed by atoms with Crippen LogP contribution in [0.2, 0.25) is 0 Å². The van der Waals surface area contributed by atoms with Crippen molar-refractivity contribution in [2.24, 2.45) is 0 Å². The van der Waals surface area contributed by atoms with E-state index in [1.54, 1.807) is 12.1 Å². The van der Waals surface area contributed by atoms with Crippen LogP contribution >= 0.6 is 0 Å².